The summed E-state index contributed by atoms with van der Waals surface area (Å²) in [4.78, 5) is 4.29. The molecule has 1 aromatic rings. The van der Waals surface area contributed by atoms with Crippen LogP contribution < -0.4 is 5.73 Å². The van der Waals surface area contributed by atoms with Gasteiger partial charge in [0.05, 0.1) is 5.69 Å². The lowest BCUT2D eigenvalue weighted by Crippen LogP contribution is -2.22. The normalized spacial score (nSPS) is 18.7. The van der Waals surface area contributed by atoms with E-state index >= 15 is 0 Å². The van der Waals surface area contributed by atoms with E-state index < -0.39 is 0 Å². The Balaban J connectivity index is 1.90. The number of ether oxygens (including phenoxy) is 2. The topological polar surface area (TPSA) is 57.4 Å². The second-order valence-electron chi connectivity index (χ2n) is 4.44. The molecule has 1 aliphatic rings. The quantitative estimate of drug-likeness (QED) is 0.671. The van der Waals surface area contributed by atoms with Gasteiger partial charge in [-0.25, -0.2) is 4.98 Å². The SMILES string of the molecule is Cc1cc(N)c(C#CCOC2CCCCO2)nc1Br. The summed E-state index contributed by atoms with van der Waals surface area (Å²) in [7, 11) is 0. The molecule has 1 aromatic heterocycles. The molecule has 1 atom stereocenters. The molecule has 2 heterocycles. The number of nitrogens with zero attached hydrogens (tertiary/aromatic N) is 1. The molecule has 0 bridgehead atoms. The number of pyridine rings is 1. The van der Waals surface area contributed by atoms with E-state index in [0.717, 1.165) is 36.0 Å². The Kier molecular flexibility index (Phi) is 5.20. The molecule has 19 heavy (non-hydrogen) atoms. The molecule has 5 heteroatoms. The molecule has 0 saturated carbocycles. The molecule has 4 nitrogen and oxygen atoms in total. The van der Waals surface area contributed by atoms with Crippen LogP contribution in [0.2, 0.25) is 0 Å². The van der Waals surface area contributed by atoms with Gasteiger partial charge in [-0.2, -0.15) is 0 Å². The molecular weight excluding hydrogens is 308 g/mol. The lowest BCUT2D eigenvalue weighted by molar-refractivity contribution is -0.154. The van der Waals surface area contributed by atoms with Crippen molar-refractivity contribution in [1.29, 1.82) is 0 Å². The smallest absolute Gasteiger partial charge is 0.158 e. The number of nitrogens with two attached hydrogens (primary N) is 1. The maximum atomic E-state index is 5.86. The average molecular weight is 325 g/mol. The predicted octanol–water partition coefficient (Wildman–Crippen LogP) is 2.63. The third-order valence-corrected chi connectivity index (χ3v) is 3.67. The zero-order chi connectivity index (χ0) is 13.7. The van der Waals surface area contributed by atoms with Gasteiger partial charge in [0, 0.05) is 6.61 Å². The molecule has 1 saturated heterocycles. The zero-order valence-electron chi connectivity index (χ0n) is 10.9. The molecule has 0 amide bonds. The molecule has 0 radical (unpaired) electrons. The van der Waals surface area contributed by atoms with Gasteiger partial charge in [0.2, 0.25) is 0 Å². The van der Waals surface area contributed by atoms with Crippen molar-refractivity contribution in [3.05, 3.63) is 21.9 Å². The van der Waals surface area contributed by atoms with Crippen LogP contribution in [0.3, 0.4) is 0 Å². The number of hydrogen-bond donors (Lipinski definition) is 1. The fourth-order valence-corrected chi connectivity index (χ4v) is 2.10. The van der Waals surface area contributed by atoms with Crippen LogP contribution in [-0.2, 0) is 9.47 Å². The molecule has 1 unspecified atom stereocenters. The summed E-state index contributed by atoms with van der Waals surface area (Å²) in [6, 6.07) is 1.85. The van der Waals surface area contributed by atoms with E-state index in [4.69, 9.17) is 15.2 Å². The van der Waals surface area contributed by atoms with Crippen LogP contribution in [0, 0.1) is 18.8 Å². The molecule has 1 aliphatic heterocycles. The summed E-state index contributed by atoms with van der Waals surface area (Å²) in [5.41, 5.74) is 8.02. The van der Waals surface area contributed by atoms with Crippen LogP contribution in [-0.4, -0.2) is 24.5 Å². The van der Waals surface area contributed by atoms with E-state index in [9.17, 15) is 0 Å². The molecule has 2 N–H and O–H groups in total. The zero-order valence-corrected chi connectivity index (χ0v) is 12.5. The molecule has 1 fully saturated rings. The Morgan fingerprint density at radius 2 is 2.42 bits per heavy atom. The van der Waals surface area contributed by atoms with Crippen molar-refractivity contribution < 1.29 is 9.47 Å². The van der Waals surface area contributed by atoms with E-state index in [0.29, 0.717) is 18.0 Å². The van der Waals surface area contributed by atoms with Crippen LogP contribution in [0.4, 0.5) is 5.69 Å². The van der Waals surface area contributed by atoms with Crippen molar-refractivity contribution >= 4 is 21.6 Å². The fourth-order valence-electron chi connectivity index (χ4n) is 1.81. The second-order valence-corrected chi connectivity index (χ2v) is 5.19. The Labute approximate surface area is 121 Å². The van der Waals surface area contributed by atoms with E-state index in [1.807, 2.05) is 13.0 Å². The Hall–Kier alpha value is -1.09. The first-order valence-corrected chi connectivity index (χ1v) is 7.11. The number of halogens is 1. The molecule has 0 aliphatic carbocycles. The summed E-state index contributed by atoms with van der Waals surface area (Å²) in [6.45, 7) is 3.04. The third kappa shape index (κ3) is 4.20. The molecule has 0 aromatic carbocycles. The van der Waals surface area contributed by atoms with Crippen molar-refractivity contribution in [1.82, 2.24) is 4.98 Å². The first-order chi connectivity index (χ1) is 9.16. The predicted molar refractivity (Wildman–Crippen MR) is 77.5 cm³/mol. The maximum absolute atomic E-state index is 5.86. The van der Waals surface area contributed by atoms with Crippen molar-refractivity contribution in [2.45, 2.75) is 32.5 Å². The number of aromatic nitrogens is 1. The summed E-state index contributed by atoms with van der Waals surface area (Å²) in [6.07, 6.45) is 3.09. The van der Waals surface area contributed by atoms with Gasteiger partial charge < -0.3 is 15.2 Å². The number of aryl methyl sites for hydroxylation is 1. The van der Waals surface area contributed by atoms with Crippen LogP contribution >= 0.6 is 15.9 Å². The highest BCUT2D eigenvalue weighted by atomic mass is 79.9. The van der Waals surface area contributed by atoms with Gasteiger partial charge in [-0.15, -0.1) is 0 Å². The fraction of sp³-hybridized carbons (Fsp3) is 0.500. The van der Waals surface area contributed by atoms with Gasteiger partial charge in [-0.05, 0) is 59.7 Å². The van der Waals surface area contributed by atoms with E-state index in [-0.39, 0.29) is 6.29 Å². The largest absolute Gasteiger partial charge is 0.396 e. The summed E-state index contributed by atoms with van der Waals surface area (Å²) >= 11 is 3.37. The Morgan fingerprint density at radius 1 is 1.58 bits per heavy atom. The van der Waals surface area contributed by atoms with Crippen LogP contribution in [0.5, 0.6) is 0 Å². The summed E-state index contributed by atoms with van der Waals surface area (Å²) < 4.78 is 11.7. The monoisotopic (exact) mass is 324 g/mol. The number of nitrogen functional groups attached to an aromatic ring is 1. The Morgan fingerprint density at radius 3 is 3.16 bits per heavy atom. The van der Waals surface area contributed by atoms with Crippen LogP contribution in [0.15, 0.2) is 10.7 Å². The van der Waals surface area contributed by atoms with Crippen LogP contribution in [0.25, 0.3) is 0 Å². The van der Waals surface area contributed by atoms with Gasteiger partial charge in [0.15, 0.2) is 6.29 Å². The van der Waals surface area contributed by atoms with E-state index in [1.54, 1.807) is 0 Å². The summed E-state index contributed by atoms with van der Waals surface area (Å²) in [5, 5.41) is 0. The summed E-state index contributed by atoms with van der Waals surface area (Å²) in [5.74, 6) is 5.84. The average Bonchev–Trinajstić information content (AvgIpc) is 2.41. The maximum Gasteiger partial charge on any atom is 0.158 e. The van der Waals surface area contributed by atoms with Crippen molar-refractivity contribution in [3.63, 3.8) is 0 Å². The highest BCUT2D eigenvalue weighted by Gasteiger charge is 2.12. The lowest BCUT2D eigenvalue weighted by atomic mass is 10.2. The first kappa shape index (κ1) is 14.3. The van der Waals surface area contributed by atoms with Gasteiger partial charge in [-0.1, -0.05) is 5.92 Å². The minimum absolute atomic E-state index is 0.113. The number of anilines is 1. The first-order valence-electron chi connectivity index (χ1n) is 6.31. The minimum atomic E-state index is -0.113. The Bertz CT molecular complexity index is 502. The number of rotatable bonds is 2. The highest BCUT2D eigenvalue weighted by molar-refractivity contribution is 9.10. The second kappa shape index (κ2) is 6.90. The minimum Gasteiger partial charge on any atom is -0.396 e. The van der Waals surface area contributed by atoms with Gasteiger partial charge in [-0.3, -0.25) is 0 Å². The molecule has 102 valence electrons. The number of hydrogen-bond acceptors (Lipinski definition) is 4. The van der Waals surface area contributed by atoms with Crippen molar-refractivity contribution in [2.75, 3.05) is 18.9 Å². The van der Waals surface area contributed by atoms with Crippen LogP contribution in [0.1, 0.15) is 30.5 Å². The van der Waals surface area contributed by atoms with Crippen molar-refractivity contribution in [2.24, 2.45) is 0 Å². The van der Waals surface area contributed by atoms with E-state index in [2.05, 4.69) is 32.8 Å². The molecular formula is C14H17BrN2O2. The van der Waals surface area contributed by atoms with Gasteiger partial charge in [0.1, 0.15) is 16.9 Å². The van der Waals surface area contributed by atoms with E-state index in [1.165, 1.54) is 0 Å². The van der Waals surface area contributed by atoms with Gasteiger partial charge >= 0.3 is 0 Å². The standard InChI is InChI=1S/C14H17BrN2O2/c1-10-9-11(16)12(17-14(10)15)5-4-8-19-13-6-2-3-7-18-13/h9,13H,2-3,6-8,16H2,1H3. The highest BCUT2D eigenvalue weighted by Crippen LogP contribution is 2.18. The third-order valence-electron chi connectivity index (χ3n) is 2.87. The molecule has 0 spiro atoms. The molecule has 2 rings (SSSR count). The lowest BCUT2D eigenvalue weighted by Gasteiger charge is -2.21. The van der Waals surface area contributed by atoms with Crippen molar-refractivity contribution in [3.8, 4) is 11.8 Å². The van der Waals surface area contributed by atoms with Gasteiger partial charge in [0.25, 0.3) is 0 Å².